The summed E-state index contributed by atoms with van der Waals surface area (Å²) >= 11 is 3.21. The minimum absolute atomic E-state index is 0.0257. The lowest BCUT2D eigenvalue weighted by molar-refractivity contribution is -0.0242. The molecule has 0 radical (unpaired) electrons. The maximum atomic E-state index is 13.4. The summed E-state index contributed by atoms with van der Waals surface area (Å²) in [6, 6.07) is 4.17. The molecule has 2 aliphatic rings. The Bertz CT molecular complexity index is 578. The van der Waals surface area contributed by atoms with Gasteiger partial charge in [-0.15, -0.1) is 0 Å². The molecule has 3 atom stereocenters. The number of ether oxygens (including phenoxy) is 1. The summed E-state index contributed by atoms with van der Waals surface area (Å²) in [5.74, 6) is -0.250. The van der Waals surface area contributed by atoms with E-state index in [2.05, 4.69) is 36.7 Å². The Balaban J connectivity index is 1.80. The van der Waals surface area contributed by atoms with Gasteiger partial charge in [-0.05, 0) is 48.8 Å². The van der Waals surface area contributed by atoms with E-state index in [1.807, 2.05) is 0 Å². The highest BCUT2D eigenvalue weighted by molar-refractivity contribution is 9.10. The van der Waals surface area contributed by atoms with Gasteiger partial charge in [0.25, 0.3) is 0 Å². The van der Waals surface area contributed by atoms with Crippen molar-refractivity contribution in [2.75, 3.05) is 0 Å². The van der Waals surface area contributed by atoms with E-state index in [4.69, 9.17) is 4.74 Å². The van der Waals surface area contributed by atoms with Crippen molar-refractivity contribution in [2.24, 2.45) is 16.7 Å². The van der Waals surface area contributed by atoms with Crippen LogP contribution in [0, 0.1) is 22.6 Å². The van der Waals surface area contributed by atoms with Crippen LogP contribution < -0.4 is 0 Å². The number of halogens is 2. The second-order valence-corrected chi connectivity index (χ2v) is 8.08. The maximum Gasteiger partial charge on any atom is 0.338 e. The Labute approximate surface area is 133 Å². The molecule has 0 heterocycles. The first kappa shape index (κ1) is 15.0. The monoisotopic (exact) mass is 354 g/mol. The van der Waals surface area contributed by atoms with E-state index in [1.54, 1.807) is 6.07 Å². The molecule has 21 heavy (non-hydrogen) atoms. The van der Waals surface area contributed by atoms with Crippen LogP contribution in [0.25, 0.3) is 0 Å². The Morgan fingerprint density at radius 3 is 2.57 bits per heavy atom. The lowest BCUT2D eigenvalue weighted by Gasteiger charge is -2.38. The zero-order chi connectivity index (χ0) is 15.4. The molecule has 0 spiro atoms. The van der Waals surface area contributed by atoms with Crippen LogP contribution >= 0.6 is 15.9 Å². The Morgan fingerprint density at radius 2 is 2.05 bits per heavy atom. The Hall–Kier alpha value is -0.900. The second-order valence-electron chi connectivity index (χ2n) is 7.16. The van der Waals surface area contributed by atoms with Crippen LogP contribution in [0.2, 0.25) is 0 Å². The normalized spacial score (nSPS) is 33.2. The molecule has 2 bridgehead atoms. The standard InChI is InChI=1S/C17H20BrFO2/c1-16(2)11-4-5-17(16,3)14(8-11)21-15(20)10-6-12(18)9-13(19)7-10/h6-7,9,11,14H,4-5,8H2,1-3H3. The van der Waals surface area contributed by atoms with Gasteiger partial charge in [0.05, 0.1) is 5.56 Å². The van der Waals surface area contributed by atoms with E-state index in [0.717, 1.165) is 12.8 Å². The summed E-state index contributed by atoms with van der Waals surface area (Å²) in [7, 11) is 0. The number of carbonyl (C=O) groups is 1. The van der Waals surface area contributed by atoms with Gasteiger partial charge in [-0.25, -0.2) is 9.18 Å². The number of hydrogen-bond donors (Lipinski definition) is 0. The fourth-order valence-electron chi connectivity index (χ4n) is 4.18. The van der Waals surface area contributed by atoms with E-state index in [0.29, 0.717) is 10.4 Å². The first-order chi connectivity index (χ1) is 9.74. The lowest BCUT2D eigenvalue weighted by Crippen LogP contribution is -2.38. The second kappa shape index (κ2) is 4.80. The van der Waals surface area contributed by atoms with E-state index in [9.17, 15) is 9.18 Å². The highest BCUT2D eigenvalue weighted by Crippen LogP contribution is 2.66. The van der Waals surface area contributed by atoms with E-state index >= 15 is 0 Å². The van der Waals surface area contributed by atoms with Crippen LogP contribution in [0.4, 0.5) is 4.39 Å². The number of benzene rings is 1. The van der Waals surface area contributed by atoms with Crippen molar-refractivity contribution >= 4 is 21.9 Å². The molecule has 3 rings (SSSR count). The van der Waals surface area contributed by atoms with Crippen molar-refractivity contribution in [1.82, 2.24) is 0 Å². The summed E-state index contributed by atoms with van der Waals surface area (Å²) in [6.45, 7) is 6.77. The molecule has 2 fully saturated rings. The van der Waals surface area contributed by atoms with E-state index in [1.165, 1.54) is 18.6 Å². The summed E-state index contributed by atoms with van der Waals surface area (Å²) in [4.78, 5) is 12.3. The average Bonchev–Trinajstić information content (AvgIpc) is 2.70. The predicted octanol–water partition coefficient (Wildman–Crippen LogP) is 4.96. The quantitative estimate of drug-likeness (QED) is 0.701. The Kier molecular flexibility index (Phi) is 3.43. The lowest BCUT2D eigenvalue weighted by atomic mass is 9.70. The number of hydrogen-bond acceptors (Lipinski definition) is 2. The molecule has 4 heteroatoms. The molecular formula is C17H20BrFO2. The molecule has 114 valence electrons. The molecule has 0 saturated heterocycles. The van der Waals surface area contributed by atoms with Gasteiger partial charge in [0.2, 0.25) is 0 Å². The number of esters is 1. The van der Waals surface area contributed by atoms with Crippen LogP contribution in [0.3, 0.4) is 0 Å². The smallest absolute Gasteiger partial charge is 0.338 e. The van der Waals surface area contributed by atoms with Crippen molar-refractivity contribution in [3.8, 4) is 0 Å². The average molecular weight is 355 g/mol. The van der Waals surface area contributed by atoms with Crippen molar-refractivity contribution in [2.45, 2.75) is 46.1 Å². The molecule has 0 N–H and O–H groups in total. The van der Waals surface area contributed by atoms with Gasteiger partial charge in [0.15, 0.2) is 0 Å². The van der Waals surface area contributed by atoms with Gasteiger partial charge >= 0.3 is 5.97 Å². The molecule has 1 aromatic rings. The van der Waals surface area contributed by atoms with Crippen molar-refractivity contribution in [3.63, 3.8) is 0 Å². The maximum absolute atomic E-state index is 13.4. The van der Waals surface area contributed by atoms with Gasteiger partial charge in [0, 0.05) is 9.89 Å². The van der Waals surface area contributed by atoms with Crippen LogP contribution in [0.15, 0.2) is 22.7 Å². The van der Waals surface area contributed by atoms with Gasteiger partial charge < -0.3 is 4.74 Å². The third-order valence-corrected chi connectivity index (χ3v) is 6.52. The fraction of sp³-hybridized carbons (Fsp3) is 0.588. The summed E-state index contributed by atoms with van der Waals surface area (Å²) in [5, 5.41) is 0. The molecule has 2 saturated carbocycles. The summed E-state index contributed by atoms with van der Waals surface area (Å²) < 4.78 is 19.7. The van der Waals surface area contributed by atoms with Gasteiger partial charge in [0.1, 0.15) is 11.9 Å². The third-order valence-electron chi connectivity index (χ3n) is 6.06. The first-order valence-corrected chi connectivity index (χ1v) is 8.20. The molecule has 0 amide bonds. The Morgan fingerprint density at radius 1 is 1.33 bits per heavy atom. The molecule has 2 aliphatic carbocycles. The van der Waals surface area contributed by atoms with Gasteiger partial charge in [-0.3, -0.25) is 0 Å². The number of rotatable bonds is 2. The van der Waals surface area contributed by atoms with Crippen LogP contribution in [-0.4, -0.2) is 12.1 Å². The van der Waals surface area contributed by atoms with E-state index in [-0.39, 0.29) is 22.5 Å². The highest BCUT2D eigenvalue weighted by Gasteiger charge is 2.62. The van der Waals surface area contributed by atoms with Gasteiger partial charge in [-0.1, -0.05) is 36.7 Å². The van der Waals surface area contributed by atoms with Crippen LogP contribution in [-0.2, 0) is 4.74 Å². The number of carbonyl (C=O) groups excluding carboxylic acids is 1. The molecule has 3 unspecified atom stereocenters. The molecule has 0 aliphatic heterocycles. The third kappa shape index (κ3) is 2.23. The minimum atomic E-state index is -0.434. The van der Waals surface area contributed by atoms with Crippen molar-refractivity contribution in [3.05, 3.63) is 34.1 Å². The fourth-order valence-corrected chi connectivity index (χ4v) is 4.64. The summed E-state index contributed by atoms with van der Waals surface area (Å²) in [5.41, 5.74) is 0.490. The van der Waals surface area contributed by atoms with Crippen molar-refractivity contribution in [1.29, 1.82) is 0 Å². The molecular weight excluding hydrogens is 335 g/mol. The van der Waals surface area contributed by atoms with Crippen LogP contribution in [0.1, 0.15) is 50.4 Å². The summed E-state index contributed by atoms with van der Waals surface area (Å²) in [6.07, 6.45) is 3.16. The zero-order valence-electron chi connectivity index (χ0n) is 12.6. The largest absolute Gasteiger partial charge is 0.458 e. The molecule has 2 nitrogen and oxygen atoms in total. The SMILES string of the molecule is CC1(C)C2CCC1(C)C(OC(=O)c1cc(F)cc(Br)c1)C2. The van der Waals surface area contributed by atoms with Crippen molar-refractivity contribution < 1.29 is 13.9 Å². The highest BCUT2D eigenvalue weighted by atomic mass is 79.9. The molecule has 0 aromatic heterocycles. The minimum Gasteiger partial charge on any atom is -0.458 e. The van der Waals surface area contributed by atoms with E-state index < -0.39 is 11.8 Å². The number of fused-ring (bicyclic) bond motifs is 2. The molecule has 1 aromatic carbocycles. The zero-order valence-corrected chi connectivity index (χ0v) is 14.2. The van der Waals surface area contributed by atoms with Gasteiger partial charge in [-0.2, -0.15) is 0 Å². The first-order valence-electron chi connectivity index (χ1n) is 7.41. The van der Waals surface area contributed by atoms with Crippen LogP contribution in [0.5, 0.6) is 0 Å². The predicted molar refractivity (Wildman–Crippen MR) is 82.5 cm³/mol. The topological polar surface area (TPSA) is 26.3 Å².